The first-order valence-corrected chi connectivity index (χ1v) is 11.4. The van der Waals surface area contributed by atoms with Crippen molar-refractivity contribution in [3.8, 4) is 5.75 Å². The molecule has 0 radical (unpaired) electrons. The summed E-state index contributed by atoms with van der Waals surface area (Å²) >= 11 is 18.4. The van der Waals surface area contributed by atoms with Gasteiger partial charge in [-0.05, 0) is 82.5 Å². The van der Waals surface area contributed by atoms with Gasteiger partial charge in [-0.2, -0.15) is 0 Å². The molecule has 0 bridgehead atoms. The fraction of sp³-hybridized carbons (Fsp3) is 0.417. The Bertz CT molecular complexity index is 979. The van der Waals surface area contributed by atoms with Crippen molar-refractivity contribution in [2.45, 2.75) is 59.7 Å². The predicted octanol–water partition coefficient (Wildman–Crippen LogP) is 5.97. The number of nitrogens with zero attached hydrogens (tertiary/aromatic N) is 1. The third-order valence-corrected chi connectivity index (χ3v) is 6.11. The number of aryl methyl sites for hydroxylation is 2. The number of hydrogen-bond donors (Lipinski definition) is 1. The first-order valence-electron chi connectivity index (χ1n) is 10.2. The van der Waals surface area contributed by atoms with Crippen LogP contribution in [0.5, 0.6) is 5.75 Å². The number of benzene rings is 2. The number of carbonyl (C=O) groups excluding carboxylic acids is 2. The summed E-state index contributed by atoms with van der Waals surface area (Å²) in [5, 5.41) is 4.39. The van der Waals surface area contributed by atoms with E-state index < -0.39 is 11.6 Å². The summed E-state index contributed by atoms with van der Waals surface area (Å²) < 4.78 is 5.75. The Balaban J connectivity index is 2.24. The number of carbonyl (C=O) groups is 2. The number of amides is 2. The summed E-state index contributed by atoms with van der Waals surface area (Å²) in [5.74, 6) is -0.0546. The predicted molar refractivity (Wildman–Crippen MR) is 131 cm³/mol. The molecule has 0 aliphatic rings. The van der Waals surface area contributed by atoms with Gasteiger partial charge in [-0.15, -0.1) is 0 Å². The van der Waals surface area contributed by atoms with E-state index in [1.807, 2.05) is 34.6 Å². The first kappa shape index (κ1) is 26.3. The van der Waals surface area contributed by atoms with Gasteiger partial charge >= 0.3 is 0 Å². The highest BCUT2D eigenvalue weighted by Gasteiger charge is 2.29. The number of halogens is 3. The molecule has 2 aromatic rings. The molecule has 0 fully saturated rings. The van der Waals surface area contributed by atoms with E-state index in [4.69, 9.17) is 39.5 Å². The SMILES string of the molecule is Cc1cc(OCC(=O)N(Cc2ccc(Cl)c(Cl)c2)[C@@H](C)C(=O)NC(C)(C)C)cc(C)c1Cl. The zero-order chi connectivity index (χ0) is 24.2. The molecule has 1 atom stereocenters. The van der Waals surface area contributed by atoms with Crippen LogP contribution in [0.15, 0.2) is 30.3 Å². The Morgan fingerprint density at radius 2 is 1.62 bits per heavy atom. The molecule has 0 unspecified atom stereocenters. The van der Waals surface area contributed by atoms with E-state index in [-0.39, 0.29) is 25.0 Å². The second kappa shape index (κ2) is 10.8. The smallest absolute Gasteiger partial charge is 0.261 e. The molecule has 0 aromatic heterocycles. The van der Waals surface area contributed by atoms with Gasteiger partial charge in [0.15, 0.2) is 6.61 Å². The van der Waals surface area contributed by atoms with Crippen molar-refractivity contribution in [2.24, 2.45) is 0 Å². The lowest BCUT2D eigenvalue weighted by Crippen LogP contribution is -2.53. The average molecular weight is 500 g/mol. The lowest BCUT2D eigenvalue weighted by Gasteiger charge is -2.31. The summed E-state index contributed by atoms with van der Waals surface area (Å²) in [4.78, 5) is 27.4. The van der Waals surface area contributed by atoms with E-state index in [9.17, 15) is 9.59 Å². The monoisotopic (exact) mass is 498 g/mol. The number of hydrogen-bond acceptors (Lipinski definition) is 3. The van der Waals surface area contributed by atoms with Gasteiger partial charge in [0.1, 0.15) is 11.8 Å². The third-order valence-electron chi connectivity index (χ3n) is 4.77. The second-order valence-corrected chi connectivity index (χ2v) is 10.0. The first-order chi connectivity index (χ1) is 14.8. The molecule has 1 N–H and O–H groups in total. The molecule has 8 heteroatoms. The zero-order valence-electron chi connectivity index (χ0n) is 19.2. The number of rotatable bonds is 7. The summed E-state index contributed by atoms with van der Waals surface area (Å²) in [5.41, 5.74) is 2.04. The maximum Gasteiger partial charge on any atom is 0.261 e. The Labute approximate surface area is 205 Å². The summed E-state index contributed by atoms with van der Waals surface area (Å²) in [6.07, 6.45) is 0. The molecule has 5 nitrogen and oxygen atoms in total. The van der Waals surface area contributed by atoms with Gasteiger partial charge in [-0.3, -0.25) is 9.59 Å². The van der Waals surface area contributed by atoms with Gasteiger partial charge < -0.3 is 15.0 Å². The Hall–Kier alpha value is -1.95. The van der Waals surface area contributed by atoms with Crippen molar-refractivity contribution in [2.75, 3.05) is 6.61 Å². The number of ether oxygens (including phenoxy) is 1. The van der Waals surface area contributed by atoms with Crippen LogP contribution in [-0.4, -0.2) is 34.9 Å². The summed E-state index contributed by atoms with van der Waals surface area (Å²) in [7, 11) is 0. The van der Waals surface area contributed by atoms with Crippen LogP contribution in [0, 0.1) is 13.8 Å². The molecule has 0 saturated carbocycles. The minimum atomic E-state index is -0.728. The van der Waals surface area contributed by atoms with Crippen LogP contribution in [0.1, 0.15) is 44.4 Å². The quantitative estimate of drug-likeness (QED) is 0.510. The summed E-state index contributed by atoms with van der Waals surface area (Å²) in [6, 6.07) is 7.95. The molecular weight excluding hydrogens is 471 g/mol. The van der Waals surface area contributed by atoms with Gasteiger partial charge in [0.05, 0.1) is 10.0 Å². The van der Waals surface area contributed by atoms with E-state index in [0.717, 1.165) is 16.7 Å². The lowest BCUT2D eigenvalue weighted by molar-refractivity contribution is -0.142. The molecule has 0 aliphatic heterocycles. The van der Waals surface area contributed by atoms with E-state index in [0.29, 0.717) is 20.8 Å². The van der Waals surface area contributed by atoms with E-state index >= 15 is 0 Å². The van der Waals surface area contributed by atoms with Crippen molar-refractivity contribution in [3.63, 3.8) is 0 Å². The van der Waals surface area contributed by atoms with Gasteiger partial charge in [0.25, 0.3) is 5.91 Å². The fourth-order valence-electron chi connectivity index (χ4n) is 3.11. The number of nitrogens with one attached hydrogen (secondary N) is 1. The normalized spacial score (nSPS) is 12.3. The molecular formula is C24H29Cl3N2O3. The van der Waals surface area contributed by atoms with Gasteiger partial charge in [-0.25, -0.2) is 0 Å². The maximum absolute atomic E-state index is 13.2. The van der Waals surface area contributed by atoms with Crippen molar-refractivity contribution < 1.29 is 14.3 Å². The fourth-order valence-corrected chi connectivity index (χ4v) is 3.54. The van der Waals surface area contributed by atoms with Crippen LogP contribution >= 0.6 is 34.8 Å². The third kappa shape index (κ3) is 7.29. The van der Waals surface area contributed by atoms with Crippen LogP contribution in [0.2, 0.25) is 15.1 Å². The lowest BCUT2D eigenvalue weighted by atomic mass is 10.1. The van der Waals surface area contributed by atoms with Crippen molar-refractivity contribution >= 4 is 46.6 Å². The van der Waals surface area contributed by atoms with Crippen LogP contribution in [0.4, 0.5) is 0 Å². The molecule has 2 rings (SSSR count). The van der Waals surface area contributed by atoms with Crippen molar-refractivity contribution in [3.05, 3.63) is 62.1 Å². The van der Waals surface area contributed by atoms with Crippen LogP contribution in [-0.2, 0) is 16.1 Å². The molecule has 0 saturated heterocycles. The Kier molecular flexibility index (Phi) is 8.86. The topological polar surface area (TPSA) is 58.6 Å². The largest absolute Gasteiger partial charge is 0.484 e. The maximum atomic E-state index is 13.2. The molecule has 2 aromatic carbocycles. The minimum absolute atomic E-state index is 0.177. The van der Waals surface area contributed by atoms with E-state index in [1.54, 1.807) is 37.3 Å². The van der Waals surface area contributed by atoms with Gasteiger partial charge in [0.2, 0.25) is 5.91 Å². The molecule has 2 amide bonds. The summed E-state index contributed by atoms with van der Waals surface area (Å²) in [6.45, 7) is 11.0. The van der Waals surface area contributed by atoms with Crippen LogP contribution < -0.4 is 10.1 Å². The standard InChI is InChI=1S/C24H29Cl3N2O3/c1-14-9-18(10-15(2)22(14)27)32-13-21(30)29(16(3)23(31)28-24(4,5)6)12-17-7-8-19(25)20(26)11-17/h7-11,16H,12-13H2,1-6H3,(H,28,31)/t16-/m0/s1. The van der Waals surface area contributed by atoms with Gasteiger partial charge in [0, 0.05) is 17.1 Å². The van der Waals surface area contributed by atoms with Crippen LogP contribution in [0.3, 0.4) is 0 Å². The Morgan fingerprint density at radius 1 is 1.03 bits per heavy atom. The minimum Gasteiger partial charge on any atom is -0.484 e. The Morgan fingerprint density at radius 3 is 2.16 bits per heavy atom. The van der Waals surface area contributed by atoms with Crippen molar-refractivity contribution in [1.82, 2.24) is 10.2 Å². The zero-order valence-corrected chi connectivity index (χ0v) is 21.5. The van der Waals surface area contributed by atoms with E-state index in [2.05, 4.69) is 5.32 Å². The average Bonchev–Trinajstić information content (AvgIpc) is 2.69. The highest BCUT2D eigenvalue weighted by Crippen LogP contribution is 2.26. The molecule has 32 heavy (non-hydrogen) atoms. The molecule has 174 valence electrons. The van der Waals surface area contributed by atoms with E-state index in [1.165, 1.54) is 4.90 Å². The van der Waals surface area contributed by atoms with Crippen molar-refractivity contribution in [1.29, 1.82) is 0 Å². The van der Waals surface area contributed by atoms with Gasteiger partial charge in [-0.1, -0.05) is 40.9 Å². The molecule has 0 aliphatic carbocycles. The molecule has 0 spiro atoms. The second-order valence-electron chi connectivity index (χ2n) is 8.85. The molecule has 0 heterocycles. The highest BCUT2D eigenvalue weighted by atomic mass is 35.5. The highest BCUT2D eigenvalue weighted by molar-refractivity contribution is 6.42. The van der Waals surface area contributed by atoms with Crippen LogP contribution in [0.25, 0.3) is 0 Å².